The summed E-state index contributed by atoms with van der Waals surface area (Å²) in [5, 5.41) is 0.735. The third kappa shape index (κ3) is 2.20. The van der Waals surface area contributed by atoms with Gasteiger partial charge >= 0.3 is 0 Å². The van der Waals surface area contributed by atoms with Gasteiger partial charge in [0.1, 0.15) is 11.9 Å². The van der Waals surface area contributed by atoms with Crippen molar-refractivity contribution in [1.82, 2.24) is 0 Å². The average Bonchev–Trinajstić information content (AvgIpc) is 2.49. The van der Waals surface area contributed by atoms with Crippen molar-refractivity contribution < 1.29 is 4.74 Å². The zero-order valence-corrected chi connectivity index (χ0v) is 14.3. The molecule has 1 saturated carbocycles. The first-order valence-corrected chi connectivity index (χ1v) is 9.42. The maximum absolute atomic E-state index is 6.32. The minimum atomic E-state index is -0.169. The Morgan fingerprint density at radius 2 is 2.19 bits per heavy atom. The van der Waals surface area contributed by atoms with Crippen LogP contribution in [0.3, 0.4) is 0 Å². The summed E-state index contributed by atoms with van der Waals surface area (Å²) in [6.45, 7) is 0. The number of hydrogen-bond acceptors (Lipinski definition) is 4. The Morgan fingerprint density at radius 3 is 3.05 bits per heavy atom. The van der Waals surface area contributed by atoms with E-state index in [0.29, 0.717) is 12.0 Å². The van der Waals surface area contributed by atoms with Crippen LogP contribution in [0.5, 0.6) is 5.75 Å². The number of hydrogen-bond donors (Lipinski definition) is 1. The van der Waals surface area contributed by atoms with E-state index >= 15 is 0 Å². The molecule has 1 aromatic carbocycles. The molecule has 0 radical (unpaired) electrons. The van der Waals surface area contributed by atoms with Crippen molar-refractivity contribution in [3.63, 3.8) is 0 Å². The van der Waals surface area contributed by atoms with Gasteiger partial charge in [-0.15, -0.1) is 0 Å². The lowest BCUT2D eigenvalue weighted by atomic mass is 9.66. The molecule has 3 nitrogen and oxygen atoms in total. The molecule has 1 fully saturated rings. The summed E-state index contributed by atoms with van der Waals surface area (Å²) < 4.78 is 7.40. The van der Waals surface area contributed by atoms with Gasteiger partial charge in [0.25, 0.3) is 0 Å². The molecule has 3 unspecified atom stereocenters. The van der Waals surface area contributed by atoms with Gasteiger partial charge < -0.3 is 10.5 Å². The standard InChI is InChI=1S/C16H19BrN2OS/c17-10-5-6-14-12(9-10)16(7-8-21-15(18)19-16)11-3-1-2-4-13(11)20-14/h5-6,9,11,13H,1-4,7-8H2,(H2,18,19). The van der Waals surface area contributed by atoms with Gasteiger partial charge in [0.15, 0.2) is 5.17 Å². The fourth-order valence-electron chi connectivity index (χ4n) is 4.15. The number of benzene rings is 1. The fraction of sp³-hybridized carbons (Fsp3) is 0.562. The third-order valence-electron chi connectivity index (χ3n) is 5.05. The molecule has 0 saturated heterocycles. The minimum absolute atomic E-state index is 0.169. The molecule has 2 aliphatic heterocycles. The molecule has 3 atom stereocenters. The molecule has 4 rings (SSSR count). The Labute approximate surface area is 137 Å². The molecule has 1 aromatic rings. The topological polar surface area (TPSA) is 47.6 Å². The van der Waals surface area contributed by atoms with E-state index in [1.807, 2.05) is 0 Å². The first-order chi connectivity index (χ1) is 10.2. The van der Waals surface area contributed by atoms with E-state index in [1.54, 1.807) is 11.8 Å². The van der Waals surface area contributed by atoms with Gasteiger partial charge in [0, 0.05) is 21.7 Å². The number of nitrogens with two attached hydrogens (primary N) is 1. The lowest BCUT2D eigenvalue weighted by molar-refractivity contribution is 0.0157. The van der Waals surface area contributed by atoms with Crippen LogP contribution in [0.1, 0.15) is 37.7 Å². The maximum Gasteiger partial charge on any atom is 0.154 e. The smallest absolute Gasteiger partial charge is 0.154 e. The monoisotopic (exact) mass is 366 g/mol. The number of thioether (sulfide) groups is 1. The van der Waals surface area contributed by atoms with Crippen molar-refractivity contribution >= 4 is 32.9 Å². The van der Waals surface area contributed by atoms with Crippen molar-refractivity contribution in [2.45, 2.75) is 43.7 Å². The molecule has 2 heterocycles. The zero-order valence-electron chi connectivity index (χ0n) is 11.8. The first kappa shape index (κ1) is 13.9. The van der Waals surface area contributed by atoms with Crippen LogP contribution >= 0.6 is 27.7 Å². The second kappa shape index (κ2) is 5.20. The van der Waals surface area contributed by atoms with Gasteiger partial charge in [-0.25, -0.2) is 0 Å². The van der Waals surface area contributed by atoms with Crippen LogP contribution in [0.4, 0.5) is 0 Å². The lowest BCUT2D eigenvalue weighted by Gasteiger charge is -2.49. The minimum Gasteiger partial charge on any atom is -0.490 e. The summed E-state index contributed by atoms with van der Waals surface area (Å²) in [4.78, 5) is 5.00. The lowest BCUT2D eigenvalue weighted by Crippen LogP contribution is -2.50. The van der Waals surface area contributed by atoms with E-state index in [9.17, 15) is 0 Å². The van der Waals surface area contributed by atoms with Crippen molar-refractivity contribution in [3.05, 3.63) is 28.2 Å². The van der Waals surface area contributed by atoms with Crippen LogP contribution in [0, 0.1) is 5.92 Å². The molecule has 0 aromatic heterocycles. The Hall–Kier alpha value is -0.680. The maximum atomic E-state index is 6.32. The number of amidine groups is 1. The van der Waals surface area contributed by atoms with Gasteiger partial charge in [-0.1, -0.05) is 34.1 Å². The predicted molar refractivity (Wildman–Crippen MR) is 90.9 cm³/mol. The van der Waals surface area contributed by atoms with Gasteiger partial charge in [-0.05, 0) is 43.9 Å². The second-order valence-corrected chi connectivity index (χ2v) is 8.19. The molecule has 1 spiro atoms. The number of rotatable bonds is 0. The molecule has 3 aliphatic rings. The molecule has 2 N–H and O–H groups in total. The number of aliphatic imine (C=N–C) groups is 1. The van der Waals surface area contributed by atoms with Crippen LogP contribution < -0.4 is 10.5 Å². The van der Waals surface area contributed by atoms with E-state index < -0.39 is 0 Å². The Kier molecular flexibility index (Phi) is 3.45. The van der Waals surface area contributed by atoms with E-state index in [2.05, 4.69) is 34.1 Å². The van der Waals surface area contributed by atoms with Crippen molar-refractivity contribution in [3.8, 4) is 5.75 Å². The third-order valence-corrected chi connectivity index (χ3v) is 6.33. The normalized spacial score (nSPS) is 34.6. The zero-order chi connectivity index (χ0) is 14.4. The van der Waals surface area contributed by atoms with Crippen LogP contribution in [0.25, 0.3) is 0 Å². The van der Waals surface area contributed by atoms with Crippen LogP contribution in [0.2, 0.25) is 0 Å². The van der Waals surface area contributed by atoms with E-state index in [4.69, 9.17) is 15.5 Å². The number of halogens is 1. The first-order valence-electron chi connectivity index (χ1n) is 7.64. The van der Waals surface area contributed by atoms with Crippen LogP contribution in [-0.4, -0.2) is 17.0 Å². The highest BCUT2D eigenvalue weighted by Crippen LogP contribution is 2.54. The molecule has 5 heteroatoms. The molecule has 21 heavy (non-hydrogen) atoms. The fourth-order valence-corrected chi connectivity index (χ4v) is 5.36. The highest BCUT2D eigenvalue weighted by molar-refractivity contribution is 9.10. The summed E-state index contributed by atoms with van der Waals surface area (Å²) in [7, 11) is 0. The summed E-state index contributed by atoms with van der Waals surface area (Å²) in [6.07, 6.45) is 6.23. The number of fused-ring (bicyclic) bond motifs is 4. The van der Waals surface area contributed by atoms with Crippen LogP contribution in [0.15, 0.2) is 27.7 Å². The van der Waals surface area contributed by atoms with E-state index in [1.165, 1.54) is 24.8 Å². The largest absolute Gasteiger partial charge is 0.490 e. The second-order valence-electron chi connectivity index (χ2n) is 6.16. The van der Waals surface area contributed by atoms with Crippen molar-refractivity contribution in [2.24, 2.45) is 16.6 Å². The van der Waals surface area contributed by atoms with Gasteiger partial charge in [0.05, 0.1) is 5.54 Å². The molecular formula is C16H19BrN2OS. The molecule has 112 valence electrons. The Bertz CT molecular complexity index is 606. The summed E-state index contributed by atoms with van der Waals surface area (Å²) in [5.74, 6) is 2.52. The van der Waals surface area contributed by atoms with Crippen molar-refractivity contribution in [1.29, 1.82) is 0 Å². The highest BCUT2D eigenvalue weighted by atomic mass is 79.9. The molecule has 1 aliphatic carbocycles. The van der Waals surface area contributed by atoms with Gasteiger partial charge in [-0.3, -0.25) is 4.99 Å². The Balaban J connectivity index is 1.92. The number of ether oxygens (including phenoxy) is 1. The van der Waals surface area contributed by atoms with E-state index in [0.717, 1.165) is 34.0 Å². The number of nitrogens with zero attached hydrogens (tertiary/aromatic N) is 1. The highest BCUT2D eigenvalue weighted by Gasteiger charge is 2.51. The summed E-state index contributed by atoms with van der Waals surface area (Å²) in [6, 6.07) is 6.33. The molecular weight excluding hydrogens is 348 g/mol. The molecule has 0 bridgehead atoms. The van der Waals surface area contributed by atoms with Gasteiger partial charge in [0.2, 0.25) is 0 Å². The quantitative estimate of drug-likeness (QED) is 0.753. The van der Waals surface area contributed by atoms with Crippen molar-refractivity contribution in [2.75, 3.05) is 5.75 Å². The van der Waals surface area contributed by atoms with Crippen LogP contribution in [-0.2, 0) is 5.54 Å². The Morgan fingerprint density at radius 1 is 1.33 bits per heavy atom. The average molecular weight is 367 g/mol. The predicted octanol–water partition coefficient (Wildman–Crippen LogP) is 4.05. The SMILES string of the molecule is NC1=NC2(CCS1)c1cc(Br)ccc1OC1CCCCC12. The summed E-state index contributed by atoms with van der Waals surface area (Å²) >= 11 is 5.28. The van der Waals surface area contributed by atoms with E-state index in [-0.39, 0.29) is 5.54 Å². The van der Waals surface area contributed by atoms with Gasteiger partial charge in [-0.2, -0.15) is 0 Å². The molecule has 0 amide bonds. The summed E-state index contributed by atoms with van der Waals surface area (Å²) in [5.41, 5.74) is 7.17.